The molecule has 0 unspecified atom stereocenters. The topological polar surface area (TPSA) is 58.6 Å². The fraction of sp³-hybridized carbons (Fsp3) is 0.750. The Kier molecular flexibility index (Phi) is 3.30. The molecule has 0 spiro atoms. The van der Waals surface area contributed by atoms with E-state index in [0.717, 1.165) is 19.3 Å². The normalized spacial score (nSPS) is 38.6. The highest BCUT2D eigenvalue weighted by Gasteiger charge is 2.40. The highest BCUT2D eigenvalue weighted by atomic mass is 16.5. The molecule has 0 radical (unpaired) electrons. The standard InChI is InChI=1S/C12H19NO3/c1-3-7(2)12(15)16-9-4-8-5-11(14)10(6-9)13-8/h3,8-11,13-14H,4-6H2,1-2H3/b7-3+/t8-,9-,10+,11-/m1/s1. The number of hydrogen-bond donors (Lipinski definition) is 2. The third kappa shape index (κ3) is 2.28. The summed E-state index contributed by atoms with van der Waals surface area (Å²) in [5.74, 6) is -0.233. The second kappa shape index (κ2) is 4.55. The Labute approximate surface area is 95.7 Å². The van der Waals surface area contributed by atoms with Gasteiger partial charge in [0.25, 0.3) is 0 Å². The third-order valence-electron chi connectivity index (χ3n) is 3.53. The van der Waals surface area contributed by atoms with Gasteiger partial charge in [-0.05, 0) is 26.7 Å². The minimum atomic E-state index is -0.281. The summed E-state index contributed by atoms with van der Waals surface area (Å²) in [5.41, 5.74) is 0.645. The third-order valence-corrected chi connectivity index (χ3v) is 3.53. The molecular weight excluding hydrogens is 206 g/mol. The van der Waals surface area contributed by atoms with Crippen LogP contribution in [0.4, 0.5) is 0 Å². The quantitative estimate of drug-likeness (QED) is 0.538. The Bertz CT molecular complexity index is 311. The molecule has 0 aromatic carbocycles. The number of rotatable bonds is 2. The van der Waals surface area contributed by atoms with Gasteiger partial charge in [0.1, 0.15) is 6.10 Å². The number of hydrogen-bond acceptors (Lipinski definition) is 4. The Morgan fingerprint density at radius 1 is 1.44 bits per heavy atom. The van der Waals surface area contributed by atoms with Gasteiger partial charge in [-0.25, -0.2) is 4.79 Å². The van der Waals surface area contributed by atoms with Gasteiger partial charge in [0.15, 0.2) is 0 Å². The van der Waals surface area contributed by atoms with Gasteiger partial charge >= 0.3 is 5.97 Å². The Morgan fingerprint density at radius 2 is 2.19 bits per heavy atom. The van der Waals surface area contributed by atoms with Gasteiger partial charge in [-0.3, -0.25) is 0 Å². The minimum absolute atomic E-state index is 0.0456. The van der Waals surface area contributed by atoms with E-state index in [1.54, 1.807) is 13.0 Å². The maximum absolute atomic E-state index is 11.6. The van der Waals surface area contributed by atoms with Crippen LogP contribution in [-0.2, 0) is 9.53 Å². The second-order valence-corrected chi connectivity index (χ2v) is 4.74. The maximum Gasteiger partial charge on any atom is 0.333 e. The van der Waals surface area contributed by atoms with E-state index >= 15 is 0 Å². The van der Waals surface area contributed by atoms with Crippen molar-refractivity contribution in [2.75, 3.05) is 0 Å². The first-order chi connectivity index (χ1) is 7.60. The first-order valence-corrected chi connectivity index (χ1v) is 5.88. The molecule has 2 heterocycles. The van der Waals surface area contributed by atoms with Crippen LogP contribution >= 0.6 is 0 Å². The Balaban J connectivity index is 1.91. The fourth-order valence-electron chi connectivity index (χ4n) is 2.48. The number of piperidine rings is 1. The molecule has 0 amide bonds. The monoisotopic (exact) mass is 225 g/mol. The second-order valence-electron chi connectivity index (χ2n) is 4.74. The lowest BCUT2D eigenvalue weighted by Gasteiger charge is -2.29. The number of carbonyl (C=O) groups is 1. The molecule has 0 saturated carbocycles. The van der Waals surface area contributed by atoms with Crippen LogP contribution in [-0.4, -0.2) is 35.4 Å². The van der Waals surface area contributed by atoms with Crippen molar-refractivity contribution in [1.82, 2.24) is 5.32 Å². The molecular formula is C12H19NO3. The molecule has 2 N–H and O–H groups in total. The summed E-state index contributed by atoms with van der Waals surface area (Å²) < 4.78 is 5.41. The Morgan fingerprint density at radius 3 is 2.81 bits per heavy atom. The van der Waals surface area contributed by atoms with Gasteiger partial charge in [-0.15, -0.1) is 0 Å². The smallest absolute Gasteiger partial charge is 0.333 e. The van der Waals surface area contributed by atoms with Crippen molar-refractivity contribution in [3.05, 3.63) is 11.6 Å². The molecule has 4 nitrogen and oxygen atoms in total. The van der Waals surface area contributed by atoms with Crippen molar-refractivity contribution in [2.45, 2.75) is 57.4 Å². The predicted octanol–water partition coefficient (Wildman–Crippen LogP) is 0.750. The summed E-state index contributed by atoms with van der Waals surface area (Å²) >= 11 is 0. The van der Waals surface area contributed by atoms with Gasteiger partial charge in [-0.2, -0.15) is 0 Å². The number of carbonyl (C=O) groups excluding carboxylic acids is 1. The number of nitrogens with one attached hydrogen (secondary N) is 1. The lowest BCUT2D eigenvalue weighted by atomic mass is 10.0. The molecule has 2 rings (SSSR count). The molecule has 4 heteroatoms. The molecule has 4 atom stereocenters. The van der Waals surface area contributed by atoms with Crippen LogP contribution in [0.2, 0.25) is 0 Å². The summed E-state index contributed by atoms with van der Waals surface area (Å²) in [7, 11) is 0. The van der Waals surface area contributed by atoms with E-state index < -0.39 is 0 Å². The van der Waals surface area contributed by atoms with Crippen LogP contribution in [0.5, 0.6) is 0 Å². The number of allylic oxidation sites excluding steroid dienone is 1. The van der Waals surface area contributed by atoms with Crippen LogP contribution in [0.1, 0.15) is 33.1 Å². The summed E-state index contributed by atoms with van der Waals surface area (Å²) in [6.45, 7) is 3.58. The minimum Gasteiger partial charge on any atom is -0.459 e. The molecule has 16 heavy (non-hydrogen) atoms. The molecule has 2 aliphatic rings. The summed E-state index contributed by atoms with van der Waals surface area (Å²) in [6.07, 6.45) is 3.75. The van der Waals surface area contributed by atoms with Crippen molar-refractivity contribution >= 4 is 5.97 Å². The molecule has 0 aromatic heterocycles. The summed E-state index contributed by atoms with van der Waals surface area (Å²) in [4.78, 5) is 11.6. The predicted molar refractivity (Wildman–Crippen MR) is 59.9 cm³/mol. The number of esters is 1. The van der Waals surface area contributed by atoms with Gasteiger partial charge in [0.2, 0.25) is 0 Å². The van der Waals surface area contributed by atoms with Gasteiger partial charge in [0.05, 0.1) is 6.10 Å². The van der Waals surface area contributed by atoms with Crippen molar-refractivity contribution in [2.24, 2.45) is 0 Å². The van der Waals surface area contributed by atoms with E-state index in [4.69, 9.17) is 4.74 Å². The molecule has 2 saturated heterocycles. The van der Waals surface area contributed by atoms with E-state index in [1.807, 2.05) is 6.92 Å². The molecule has 0 aliphatic carbocycles. The van der Waals surface area contributed by atoms with E-state index in [1.165, 1.54) is 0 Å². The SMILES string of the molecule is C/C=C(\C)C(=O)O[C@@H]1C[C@@H]2C[C@@H](O)[C@H](C1)N2. The van der Waals surface area contributed by atoms with Crippen LogP contribution in [0, 0.1) is 0 Å². The molecule has 90 valence electrons. The van der Waals surface area contributed by atoms with Gasteiger partial charge < -0.3 is 15.2 Å². The first kappa shape index (κ1) is 11.6. The summed E-state index contributed by atoms with van der Waals surface area (Å²) in [6, 6.07) is 0.403. The van der Waals surface area contributed by atoms with Gasteiger partial charge in [0, 0.05) is 24.1 Å². The number of ether oxygens (including phenoxy) is 1. The van der Waals surface area contributed by atoms with E-state index in [2.05, 4.69) is 5.32 Å². The van der Waals surface area contributed by atoms with E-state index in [9.17, 15) is 9.90 Å². The number of aliphatic hydroxyl groups is 1. The summed E-state index contributed by atoms with van der Waals surface area (Å²) in [5, 5.41) is 13.0. The zero-order valence-electron chi connectivity index (χ0n) is 9.77. The molecule has 0 aromatic rings. The number of aliphatic hydroxyl groups excluding tert-OH is 1. The lowest BCUT2D eigenvalue weighted by molar-refractivity contribution is -0.146. The fourth-order valence-corrected chi connectivity index (χ4v) is 2.48. The zero-order chi connectivity index (χ0) is 11.7. The average molecular weight is 225 g/mol. The van der Waals surface area contributed by atoms with Crippen molar-refractivity contribution in [3.63, 3.8) is 0 Å². The Hall–Kier alpha value is -0.870. The maximum atomic E-state index is 11.6. The van der Waals surface area contributed by atoms with E-state index in [0.29, 0.717) is 11.6 Å². The first-order valence-electron chi connectivity index (χ1n) is 5.88. The highest BCUT2D eigenvalue weighted by molar-refractivity contribution is 5.87. The van der Waals surface area contributed by atoms with Crippen LogP contribution in [0.25, 0.3) is 0 Å². The number of fused-ring (bicyclic) bond motifs is 2. The van der Waals surface area contributed by atoms with Crippen LogP contribution < -0.4 is 5.32 Å². The highest BCUT2D eigenvalue weighted by Crippen LogP contribution is 2.29. The zero-order valence-corrected chi connectivity index (χ0v) is 9.77. The largest absolute Gasteiger partial charge is 0.459 e. The van der Waals surface area contributed by atoms with Crippen molar-refractivity contribution in [3.8, 4) is 0 Å². The lowest BCUT2D eigenvalue weighted by Crippen LogP contribution is -2.44. The van der Waals surface area contributed by atoms with Crippen LogP contribution in [0.3, 0.4) is 0 Å². The molecule has 2 aliphatic heterocycles. The molecule has 2 fully saturated rings. The van der Waals surface area contributed by atoms with E-state index in [-0.39, 0.29) is 24.2 Å². The molecule has 2 bridgehead atoms. The van der Waals surface area contributed by atoms with Crippen LogP contribution in [0.15, 0.2) is 11.6 Å². The van der Waals surface area contributed by atoms with Crippen molar-refractivity contribution < 1.29 is 14.6 Å². The van der Waals surface area contributed by atoms with Gasteiger partial charge in [-0.1, -0.05) is 6.08 Å². The average Bonchev–Trinajstić information content (AvgIpc) is 2.51. The van der Waals surface area contributed by atoms with Crippen molar-refractivity contribution in [1.29, 1.82) is 0 Å².